The molecule has 46 heavy (non-hydrogen) atoms. The van der Waals surface area contributed by atoms with E-state index in [4.69, 9.17) is 0 Å². The lowest BCUT2D eigenvalue weighted by atomic mass is 9.43. The van der Waals surface area contributed by atoms with Crippen LogP contribution in [0.3, 0.4) is 0 Å². The van der Waals surface area contributed by atoms with Gasteiger partial charge >= 0.3 is 6.85 Å². The lowest BCUT2D eigenvalue weighted by Gasteiger charge is -2.46. The van der Waals surface area contributed by atoms with Crippen LogP contribution in [0, 0.1) is 0 Å². The molecule has 220 valence electrons. The second-order valence-electron chi connectivity index (χ2n) is 13.4. The van der Waals surface area contributed by atoms with Gasteiger partial charge in [-0.2, -0.15) is 0 Å². The average molecular weight is 609 g/mol. The minimum atomic E-state index is 0.000876. The van der Waals surface area contributed by atoms with E-state index in [1.54, 1.807) is 0 Å². The summed E-state index contributed by atoms with van der Waals surface area (Å²) in [4.78, 5) is 5.10. The third-order valence-corrected chi connectivity index (χ3v) is 10.6. The molecule has 0 saturated carbocycles. The van der Waals surface area contributed by atoms with Crippen molar-refractivity contribution in [3.63, 3.8) is 0 Å². The van der Waals surface area contributed by atoms with Crippen molar-refractivity contribution in [2.45, 2.75) is 26.2 Å². The zero-order valence-electron chi connectivity index (χ0n) is 26.2. The summed E-state index contributed by atoms with van der Waals surface area (Å²) in [5, 5.41) is 3.52. The van der Waals surface area contributed by atoms with Gasteiger partial charge in [0.1, 0.15) is 0 Å². The molecule has 0 radical (unpaired) electrons. The van der Waals surface area contributed by atoms with Crippen LogP contribution in [-0.4, -0.2) is 6.85 Å². The molecule has 0 atom stereocenters. The molecule has 1 aromatic heterocycles. The number of anilines is 5. The van der Waals surface area contributed by atoms with E-state index >= 15 is 0 Å². The first-order valence-electron chi connectivity index (χ1n) is 16.1. The van der Waals surface area contributed by atoms with Crippen LogP contribution in [-0.2, 0) is 5.41 Å². The predicted molar refractivity (Wildman–Crippen MR) is 200 cm³/mol. The summed E-state index contributed by atoms with van der Waals surface area (Å²) in [7, 11) is 0. The number of benzene rings is 6. The van der Waals surface area contributed by atoms with E-state index in [2.05, 4.69) is 175 Å². The number of nitrogens with zero attached hydrogens (tertiary/aromatic N) is 2. The van der Waals surface area contributed by atoms with Crippen LogP contribution in [0.15, 0.2) is 145 Å². The Kier molecular flexibility index (Phi) is 6.07. The van der Waals surface area contributed by atoms with Crippen LogP contribution in [0.4, 0.5) is 28.4 Å². The molecule has 0 fully saturated rings. The summed E-state index contributed by atoms with van der Waals surface area (Å²) in [5.74, 6) is 0. The highest BCUT2D eigenvalue weighted by atomic mass is 32.1. The minimum Gasteiger partial charge on any atom is -0.376 e. The molecule has 2 aliphatic heterocycles. The zero-order valence-corrected chi connectivity index (χ0v) is 27.1. The van der Waals surface area contributed by atoms with Gasteiger partial charge in [0.25, 0.3) is 0 Å². The Hall–Kier alpha value is -5.06. The zero-order chi connectivity index (χ0) is 31.0. The number of thiophene rings is 1. The van der Waals surface area contributed by atoms with Gasteiger partial charge in [0.2, 0.25) is 0 Å². The van der Waals surface area contributed by atoms with Gasteiger partial charge in [0.15, 0.2) is 0 Å². The maximum absolute atomic E-state index is 2.62. The van der Waals surface area contributed by atoms with E-state index in [1.807, 2.05) is 11.3 Å². The van der Waals surface area contributed by atoms with E-state index in [-0.39, 0.29) is 12.3 Å². The number of para-hydroxylation sites is 2. The summed E-state index contributed by atoms with van der Waals surface area (Å²) in [6.45, 7) is 6.83. The van der Waals surface area contributed by atoms with Crippen LogP contribution in [0.2, 0.25) is 0 Å². The first kappa shape index (κ1) is 27.3. The molecule has 7 aromatic rings. The highest BCUT2D eigenvalue weighted by Gasteiger charge is 2.45. The largest absolute Gasteiger partial charge is 0.376 e. The fourth-order valence-electron chi connectivity index (χ4n) is 7.60. The molecule has 0 saturated heterocycles. The van der Waals surface area contributed by atoms with E-state index in [0.717, 1.165) is 0 Å². The first-order chi connectivity index (χ1) is 22.5. The lowest BCUT2D eigenvalue weighted by Crippen LogP contribution is -2.61. The second kappa shape index (κ2) is 10.2. The molecule has 0 bridgehead atoms. The Morgan fingerprint density at radius 1 is 0.565 bits per heavy atom. The Morgan fingerprint density at radius 2 is 1.26 bits per heavy atom. The molecule has 0 spiro atoms. The average Bonchev–Trinajstić information content (AvgIpc) is 3.57. The van der Waals surface area contributed by atoms with Crippen molar-refractivity contribution >= 4 is 67.6 Å². The van der Waals surface area contributed by atoms with Crippen molar-refractivity contribution in [1.29, 1.82) is 0 Å². The predicted octanol–water partition coefficient (Wildman–Crippen LogP) is 10.6. The maximum atomic E-state index is 2.62. The molecular weight excluding hydrogens is 575 g/mol. The maximum Gasteiger partial charge on any atom is 0.333 e. The normalized spacial score (nSPS) is 13.4. The number of hydrogen-bond donors (Lipinski definition) is 0. The minimum absolute atomic E-state index is 0.000876. The summed E-state index contributed by atoms with van der Waals surface area (Å²) < 4.78 is 1.31. The summed E-state index contributed by atoms with van der Waals surface area (Å²) in [6.07, 6.45) is 0. The quantitative estimate of drug-likeness (QED) is 0.184. The molecule has 2 nitrogen and oxygen atoms in total. The number of hydrogen-bond acceptors (Lipinski definition) is 3. The van der Waals surface area contributed by atoms with Crippen molar-refractivity contribution in [2.75, 3.05) is 9.71 Å². The third-order valence-electron chi connectivity index (χ3n) is 9.71. The molecular formula is C42H33BN2S. The SMILES string of the molecule is CC(C)(C)c1ccc(N2c3ccccc3B3c4c(cccc42)-c2ccccc2N3c2ccc3sccc3c2-c2ccccc2)cc1. The third kappa shape index (κ3) is 4.03. The second-order valence-corrected chi connectivity index (χ2v) is 14.3. The molecule has 0 N–H and O–H groups in total. The number of rotatable bonds is 3. The van der Waals surface area contributed by atoms with Gasteiger partial charge in [-0.15, -0.1) is 11.3 Å². The van der Waals surface area contributed by atoms with Crippen molar-refractivity contribution in [1.82, 2.24) is 0 Å². The van der Waals surface area contributed by atoms with Crippen LogP contribution in [0.25, 0.3) is 32.3 Å². The molecule has 3 heterocycles. The van der Waals surface area contributed by atoms with Crippen LogP contribution in [0.5, 0.6) is 0 Å². The van der Waals surface area contributed by atoms with Gasteiger partial charge in [-0.1, -0.05) is 112 Å². The van der Waals surface area contributed by atoms with Crippen molar-refractivity contribution < 1.29 is 0 Å². The Morgan fingerprint density at radius 3 is 2.07 bits per heavy atom. The van der Waals surface area contributed by atoms with Gasteiger partial charge in [-0.05, 0) is 86.9 Å². The Balaban J connectivity index is 1.34. The number of fused-ring (bicyclic) bond motifs is 5. The monoisotopic (exact) mass is 608 g/mol. The van der Waals surface area contributed by atoms with Gasteiger partial charge in [0, 0.05) is 49.6 Å². The van der Waals surface area contributed by atoms with E-state index in [1.165, 1.54) is 77.3 Å². The standard InChI is InChI=1S/C42H33BN2S/c1-42(2,3)29-20-22-30(23-21-29)44-36-18-10-8-16-34(36)43-41-32(15-11-19-38(41)44)31-14-7-9-17-35(31)45(43)37-24-25-39-33(26-27-46-39)40(37)28-12-5-4-6-13-28/h4-27H,1-3H3. The van der Waals surface area contributed by atoms with Gasteiger partial charge < -0.3 is 9.71 Å². The Labute approximate surface area is 275 Å². The highest BCUT2D eigenvalue weighted by molar-refractivity contribution is 7.17. The summed E-state index contributed by atoms with van der Waals surface area (Å²) in [6, 6.07) is 51.9. The molecule has 0 unspecified atom stereocenters. The molecule has 9 rings (SSSR count). The highest BCUT2D eigenvalue weighted by Crippen LogP contribution is 2.49. The molecule has 2 aliphatic rings. The summed E-state index contributed by atoms with van der Waals surface area (Å²) in [5.41, 5.74) is 15.3. The van der Waals surface area contributed by atoms with E-state index in [0.29, 0.717) is 0 Å². The molecule has 6 aromatic carbocycles. The lowest BCUT2D eigenvalue weighted by molar-refractivity contribution is 0.590. The molecule has 4 heteroatoms. The molecule has 0 amide bonds. The first-order valence-corrected chi connectivity index (χ1v) is 16.9. The topological polar surface area (TPSA) is 6.48 Å². The van der Waals surface area contributed by atoms with Crippen molar-refractivity contribution in [3.8, 4) is 22.3 Å². The Bertz CT molecular complexity index is 2260. The smallest absolute Gasteiger partial charge is 0.333 e. The van der Waals surface area contributed by atoms with Gasteiger partial charge in [-0.3, -0.25) is 0 Å². The van der Waals surface area contributed by atoms with Crippen LogP contribution in [0.1, 0.15) is 26.3 Å². The fourth-order valence-corrected chi connectivity index (χ4v) is 8.39. The van der Waals surface area contributed by atoms with Crippen molar-refractivity contribution in [2.24, 2.45) is 0 Å². The van der Waals surface area contributed by atoms with Crippen LogP contribution >= 0.6 is 11.3 Å². The van der Waals surface area contributed by atoms with Gasteiger partial charge in [0.05, 0.1) is 0 Å². The molecule has 0 aliphatic carbocycles. The van der Waals surface area contributed by atoms with Crippen molar-refractivity contribution in [3.05, 3.63) is 150 Å². The van der Waals surface area contributed by atoms with Gasteiger partial charge in [-0.25, -0.2) is 0 Å². The van der Waals surface area contributed by atoms with E-state index in [9.17, 15) is 0 Å². The summed E-state index contributed by atoms with van der Waals surface area (Å²) >= 11 is 1.81. The fraction of sp³-hybridized carbons (Fsp3) is 0.0952. The van der Waals surface area contributed by atoms with Crippen LogP contribution < -0.4 is 20.6 Å². The van der Waals surface area contributed by atoms with E-state index < -0.39 is 0 Å².